The summed E-state index contributed by atoms with van der Waals surface area (Å²) in [5.41, 5.74) is 0. The van der Waals surface area contributed by atoms with E-state index in [9.17, 15) is 14.7 Å². The highest BCUT2D eigenvalue weighted by Crippen LogP contribution is 2.24. The molecule has 3 unspecified atom stereocenters. The summed E-state index contributed by atoms with van der Waals surface area (Å²) in [6, 6.07) is -0.303. The van der Waals surface area contributed by atoms with E-state index in [1.165, 1.54) is 0 Å². The molecular weight excluding hydrogens is 220 g/mol. The molecule has 1 aliphatic heterocycles. The van der Waals surface area contributed by atoms with Gasteiger partial charge in [0.05, 0.1) is 0 Å². The normalized spacial score (nSPS) is 33.2. The molecule has 96 valence electrons. The van der Waals surface area contributed by atoms with E-state index >= 15 is 0 Å². The molecule has 0 radical (unpaired) electrons. The predicted octanol–water partition coefficient (Wildman–Crippen LogP) is -0.0677. The van der Waals surface area contributed by atoms with E-state index in [-0.39, 0.29) is 36.4 Å². The first-order chi connectivity index (χ1) is 8.20. The molecule has 17 heavy (non-hydrogen) atoms. The molecule has 2 rings (SSSR count). The maximum Gasteiger partial charge on any atom is 0.242 e. The highest BCUT2D eigenvalue weighted by atomic mass is 16.3. The summed E-state index contributed by atoms with van der Waals surface area (Å²) in [5, 5.41) is 14.9. The summed E-state index contributed by atoms with van der Waals surface area (Å²) >= 11 is 0. The minimum atomic E-state index is -0.372. The number of aliphatic hydroxyl groups excluding tert-OH is 1. The van der Waals surface area contributed by atoms with Crippen molar-refractivity contribution < 1.29 is 14.7 Å². The minimum absolute atomic E-state index is 0.0486. The van der Waals surface area contributed by atoms with Crippen LogP contribution in [0.5, 0.6) is 0 Å². The van der Waals surface area contributed by atoms with E-state index in [4.69, 9.17) is 0 Å². The molecule has 0 bridgehead atoms. The van der Waals surface area contributed by atoms with Crippen LogP contribution >= 0.6 is 0 Å². The highest BCUT2D eigenvalue weighted by Gasteiger charge is 2.31. The quantitative estimate of drug-likeness (QED) is 0.646. The largest absolute Gasteiger partial charge is 0.396 e. The van der Waals surface area contributed by atoms with Gasteiger partial charge in [-0.05, 0) is 19.3 Å². The van der Waals surface area contributed by atoms with Crippen LogP contribution in [-0.4, -0.2) is 35.6 Å². The molecule has 5 nitrogen and oxygen atoms in total. The van der Waals surface area contributed by atoms with Gasteiger partial charge in [0.15, 0.2) is 0 Å². The zero-order chi connectivity index (χ0) is 12.3. The Kier molecular flexibility index (Phi) is 3.99. The summed E-state index contributed by atoms with van der Waals surface area (Å²) in [6.07, 6.45) is 5.14. The molecule has 2 aliphatic rings. The lowest BCUT2D eigenvalue weighted by Gasteiger charge is -2.31. The van der Waals surface area contributed by atoms with Crippen LogP contribution < -0.4 is 10.6 Å². The fraction of sp³-hybridized carbons (Fsp3) is 0.833. The average molecular weight is 240 g/mol. The smallest absolute Gasteiger partial charge is 0.242 e. The summed E-state index contributed by atoms with van der Waals surface area (Å²) in [5.74, 6) is 0.0264. The molecule has 0 spiro atoms. The van der Waals surface area contributed by atoms with Gasteiger partial charge in [0, 0.05) is 25.0 Å². The van der Waals surface area contributed by atoms with E-state index in [2.05, 4.69) is 10.6 Å². The van der Waals surface area contributed by atoms with Crippen LogP contribution in [0.3, 0.4) is 0 Å². The van der Waals surface area contributed by atoms with E-state index in [0.29, 0.717) is 12.8 Å². The summed E-state index contributed by atoms with van der Waals surface area (Å²) < 4.78 is 0. The van der Waals surface area contributed by atoms with Crippen LogP contribution in [0, 0.1) is 5.92 Å². The molecule has 0 aromatic carbocycles. The van der Waals surface area contributed by atoms with Crippen molar-refractivity contribution >= 4 is 11.8 Å². The zero-order valence-electron chi connectivity index (χ0n) is 9.95. The van der Waals surface area contributed by atoms with E-state index in [0.717, 1.165) is 25.7 Å². The zero-order valence-corrected chi connectivity index (χ0v) is 9.95. The second-order valence-electron chi connectivity index (χ2n) is 5.00. The third-order valence-electron chi connectivity index (χ3n) is 3.78. The van der Waals surface area contributed by atoms with Gasteiger partial charge in [0.1, 0.15) is 6.04 Å². The molecule has 3 atom stereocenters. The van der Waals surface area contributed by atoms with Crippen molar-refractivity contribution in [3.8, 4) is 0 Å². The second-order valence-corrected chi connectivity index (χ2v) is 5.00. The first kappa shape index (κ1) is 12.4. The van der Waals surface area contributed by atoms with Crippen molar-refractivity contribution in [3.63, 3.8) is 0 Å². The molecule has 0 aromatic heterocycles. The fourth-order valence-corrected chi connectivity index (χ4v) is 2.71. The molecule has 1 heterocycles. The topological polar surface area (TPSA) is 78.4 Å². The Hall–Kier alpha value is -1.10. The van der Waals surface area contributed by atoms with Crippen LogP contribution in [0.15, 0.2) is 0 Å². The van der Waals surface area contributed by atoms with Gasteiger partial charge in [-0.25, -0.2) is 0 Å². The van der Waals surface area contributed by atoms with Crippen molar-refractivity contribution in [2.75, 3.05) is 6.61 Å². The van der Waals surface area contributed by atoms with Gasteiger partial charge in [0.25, 0.3) is 0 Å². The molecule has 1 saturated heterocycles. The van der Waals surface area contributed by atoms with Crippen LogP contribution in [0.25, 0.3) is 0 Å². The standard InChI is InChI=1S/C12H20N2O3/c15-7-8-3-1-2-4-9(8)14-12(17)10-5-6-11(16)13-10/h8-10,15H,1-7H2,(H,13,16)(H,14,17). The molecule has 3 N–H and O–H groups in total. The Bertz CT molecular complexity index is 306. The second kappa shape index (κ2) is 5.49. The monoisotopic (exact) mass is 240 g/mol. The number of hydrogen-bond acceptors (Lipinski definition) is 3. The Morgan fingerprint density at radius 3 is 2.76 bits per heavy atom. The number of nitrogens with one attached hydrogen (secondary N) is 2. The van der Waals surface area contributed by atoms with Gasteiger partial charge in [-0.3, -0.25) is 9.59 Å². The number of rotatable bonds is 3. The van der Waals surface area contributed by atoms with Gasteiger partial charge in [-0.1, -0.05) is 12.8 Å². The van der Waals surface area contributed by atoms with Gasteiger partial charge >= 0.3 is 0 Å². The molecule has 0 aromatic rings. The molecule has 5 heteroatoms. The molecular formula is C12H20N2O3. The SMILES string of the molecule is O=C1CCC(C(=O)NC2CCCCC2CO)N1. The summed E-state index contributed by atoms with van der Waals surface area (Å²) in [7, 11) is 0. The maximum atomic E-state index is 11.9. The summed E-state index contributed by atoms with van der Waals surface area (Å²) in [6.45, 7) is 0.127. The Morgan fingerprint density at radius 2 is 2.12 bits per heavy atom. The molecule has 2 fully saturated rings. The summed E-state index contributed by atoms with van der Waals surface area (Å²) in [4.78, 5) is 23.0. The van der Waals surface area contributed by atoms with Crippen LogP contribution in [0.1, 0.15) is 38.5 Å². The number of carbonyl (C=O) groups is 2. The fourth-order valence-electron chi connectivity index (χ4n) is 2.71. The van der Waals surface area contributed by atoms with E-state index in [1.54, 1.807) is 0 Å². The van der Waals surface area contributed by atoms with E-state index < -0.39 is 0 Å². The first-order valence-corrected chi connectivity index (χ1v) is 6.41. The number of amides is 2. The lowest BCUT2D eigenvalue weighted by molar-refractivity contribution is -0.126. The van der Waals surface area contributed by atoms with Crippen molar-refractivity contribution in [1.82, 2.24) is 10.6 Å². The maximum absolute atomic E-state index is 11.9. The Morgan fingerprint density at radius 1 is 1.35 bits per heavy atom. The number of hydrogen-bond donors (Lipinski definition) is 3. The van der Waals surface area contributed by atoms with E-state index in [1.807, 2.05) is 0 Å². The van der Waals surface area contributed by atoms with Crippen molar-refractivity contribution in [2.24, 2.45) is 5.92 Å². The minimum Gasteiger partial charge on any atom is -0.396 e. The number of carbonyl (C=O) groups excluding carboxylic acids is 2. The number of aliphatic hydroxyl groups is 1. The van der Waals surface area contributed by atoms with Gasteiger partial charge in [-0.2, -0.15) is 0 Å². The van der Waals surface area contributed by atoms with Gasteiger partial charge in [-0.15, -0.1) is 0 Å². The first-order valence-electron chi connectivity index (χ1n) is 6.41. The molecule has 1 aliphatic carbocycles. The Labute approximate surface area is 101 Å². The third kappa shape index (κ3) is 2.97. The van der Waals surface area contributed by atoms with Crippen molar-refractivity contribution in [1.29, 1.82) is 0 Å². The molecule has 1 saturated carbocycles. The molecule has 2 amide bonds. The average Bonchev–Trinajstić information content (AvgIpc) is 2.77. The lowest BCUT2D eigenvalue weighted by Crippen LogP contribution is -2.49. The highest BCUT2D eigenvalue weighted by molar-refractivity contribution is 5.90. The lowest BCUT2D eigenvalue weighted by atomic mass is 9.85. The van der Waals surface area contributed by atoms with Crippen LogP contribution in [0.2, 0.25) is 0 Å². The predicted molar refractivity (Wildman–Crippen MR) is 62.1 cm³/mol. The van der Waals surface area contributed by atoms with Gasteiger partial charge < -0.3 is 15.7 Å². The van der Waals surface area contributed by atoms with Crippen LogP contribution in [-0.2, 0) is 9.59 Å². The van der Waals surface area contributed by atoms with Gasteiger partial charge in [0.2, 0.25) is 11.8 Å². The Balaban J connectivity index is 1.86. The van der Waals surface area contributed by atoms with Crippen LogP contribution in [0.4, 0.5) is 0 Å². The van der Waals surface area contributed by atoms with Crippen molar-refractivity contribution in [3.05, 3.63) is 0 Å². The third-order valence-corrected chi connectivity index (χ3v) is 3.78. The van der Waals surface area contributed by atoms with Crippen molar-refractivity contribution in [2.45, 2.75) is 50.6 Å².